The first-order valence-corrected chi connectivity index (χ1v) is 13.5. The maximum Gasteiger partial charge on any atom is 0.274 e. The van der Waals surface area contributed by atoms with Crippen molar-refractivity contribution in [2.75, 3.05) is 10.6 Å². The molecule has 2 amide bonds. The molecule has 0 bridgehead atoms. The Kier molecular flexibility index (Phi) is 8.41. The Labute approximate surface area is 224 Å². The summed E-state index contributed by atoms with van der Waals surface area (Å²) in [6.07, 6.45) is 4.61. The first kappa shape index (κ1) is 26.6. The normalized spacial score (nSPS) is 11.0. The zero-order valence-electron chi connectivity index (χ0n) is 21.1. The number of amides is 2. The lowest BCUT2D eigenvalue weighted by molar-refractivity contribution is 0.0989. The number of hydrogen-bond acceptors (Lipinski definition) is 5. The smallest absolute Gasteiger partial charge is 0.274 e. The zero-order chi connectivity index (χ0) is 26.5. The molecular formula is C28H29ClN4O3S. The third kappa shape index (κ3) is 6.09. The fraction of sp³-hybridized carbons (Fsp3) is 0.286. The number of benzene rings is 2. The summed E-state index contributed by atoms with van der Waals surface area (Å²) in [7, 11) is 0. The zero-order valence-corrected chi connectivity index (χ0v) is 22.6. The number of hydrogen-bond donors (Lipinski definition) is 2. The Morgan fingerprint density at radius 3 is 2.41 bits per heavy atom. The van der Waals surface area contributed by atoms with Crippen molar-refractivity contribution in [2.24, 2.45) is 0 Å². The van der Waals surface area contributed by atoms with E-state index in [0.29, 0.717) is 33.5 Å². The van der Waals surface area contributed by atoms with Crippen LogP contribution >= 0.6 is 22.9 Å². The fourth-order valence-corrected chi connectivity index (χ4v) is 5.31. The average molecular weight is 537 g/mol. The van der Waals surface area contributed by atoms with E-state index in [4.69, 9.17) is 11.6 Å². The van der Waals surface area contributed by atoms with Crippen molar-refractivity contribution in [2.45, 2.75) is 52.9 Å². The lowest BCUT2D eigenvalue weighted by Crippen LogP contribution is -2.25. The summed E-state index contributed by atoms with van der Waals surface area (Å²) in [5.74, 6) is -1.06. The molecule has 4 rings (SSSR count). The highest BCUT2D eigenvalue weighted by atomic mass is 35.5. The monoisotopic (exact) mass is 536 g/mol. The third-order valence-corrected chi connectivity index (χ3v) is 7.24. The van der Waals surface area contributed by atoms with Gasteiger partial charge in [0.05, 0.1) is 0 Å². The van der Waals surface area contributed by atoms with E-state index in [9.17, 15) is 14.4 Å². The number of unbranched alkanes of at least 4 members (excludes halogenated alkanes) is 1. The quantitative estimate of drug-likeness (QED) is 0.255. The molecule has 4 aromatic rings. The van der Waals surface area contributed by atoms with Gasteiger partial charge in [0.15, 0.2) is 4.96 Å². The summed E-state index contributed by atoms with van der Waals surface area (Å²) >= 11 is 7.07. The van der Waals surface area contributed by atoms with Gasteiger partial charge in [0, 0.05) is 28.2 Å². The second-order valence-electron chi connectivity index (χ2n) is 8.90. The van der Waals surface area contributed by atoms with E-state index in [2.05, 4.69) is 22.5 Å². The average Bonchev–Trinajstić information content (AvgIpc) is 3.26. The van der Waals surface area contributed by atoms with Crippen LogP contribution in [-0.4, -0.2) is 21.2 Å². The van der Waals surface area contributed by atoms with E-state index in [0.717, 1.165) is 42.6 Å². The molecule has 0 radical (unpaired) electrons. The Hall–Kier alpha value is -3.49. The number of nitrogens with zero attached hydrogens (tertiary/aromatic N) is 2. The third-order valence-electron chi connectivity index (χ3n) is 5.97. The number of nitrogens with one attached hydrogen (secondary N) is 2. The van der Waals surface area contributed by atoms with Gasteiger partial charge in [-0.25, -0.2) is 9.38 Å². The number of carbonyl (C=O) groups excluding carboxylic acids is 2. The molecule has 9 heteroatoms. The molecule has 0 unspecified atom stereocenters. The molecule has 0 saturated heterocycles. The van der Waals surface area contributed by atoms with Crippen LogP contribution in [0.4, 0.5) is 11.4 Å². The summed E-state index contributed by atoms with van der Waals surface area (Å²) in [5, 5.41) is 6.25. The van der Waals surface area contributed by atoms with Crippen molar-refractivity contribution < 1.29 is 9.59 Å². The predicted octanol–water partition coefficient (Wildman–Crippen LogP) is 6.52. The van der Waals surface area contributed by atoms with Gasteiger partial charge >= 0.3 is 0 Å². The number of fused-ring (bicyclic) bond motifs is 1. The molecule has 0 aliphatic carbocycles. The highest BCUT2D eigenvalue weighted by Crippen LogP contribution is 2.26. The van der Waals surface area contributed by atoms with E-state index < -0.39 is 17.4 Å². The number of rotatable bonds is 9. The molecule has 0 spiro atoms. The standard InChI is InChI=1S/C28H29ClN4O3S/c1-4-6-8-18-9-12-20(13-10-18)30-26(35)24-25(27(36)32-22-14-11-19(29)15-17(22)3)37-28-31-21(7-5-2)16-23(34)33(24)28/h9-16H,4-8H2,1-3H3,(H,30,35)(H,32,36). The van der Waals surface area contributed by atoms with Gasteiger partial charge in [-0.15, -0.1) is 0 Å². The maximum absolute atomic E-state index is 13.5. The molecule has 0 aliphatic rings. The van der Waals surface area contributed by atoms with Gasteiger partial charge in [-0.1, -0.05) is 61.8 Å². The molecule has 2 aromatic carbocycles. The molecule has 2 aromatic heterocycles. The molecule has 0 atom stereocenters. The van der Waals surface area contributed by atoms with Crippen LogP contribution < -0.4 is 16.2 Å². The molecule has 0 aliphatic heterocycles. The number of anilines is 2. The molecule has 2 heterocycles. The molecule has 0 fully saturated rings. The Morgan fingerprint density at radius 2 is 1.73 bits per heavy atom. The van der Waals surface area contributed by atoms with Gasteiger partial charge < -0.3 is 10.6 Å². The van der Waals surface area contributed by atoms with Crippen LogP contribution in [0.2, 0.25) is 5.02 Å². The van der Waals surface area contributed by atoms with E-state index >= 15 is 0 Å². The second-order valence-corrected chi connectivity index (χ2v) is 10.3. The van der Waals surface area contributed by atoms with Crippen molar-refractivity contribution in [1.29, 1.82) is 0 Å². The highest BCUT2D eigenvalue weighted by Gasteiger charge is 2.27. The minimum absolute atomic E-state index is 0.0419. The number of aryl methyl sites for hydroxylation is 3. The van der Waals surface area contributed by atoms with Crippen LogP contribution in [0.15, 0.2) is 53.3 Å². The summed E-state index contributed by atoms with van der Waals surface area (Å²) in [6, 6.07) is 14.1. The molecule has 0 saturated carbocycles. The topological polar surface area (TPSA) is 92.6 Å². The fourth-order valence-electron chi connectivity index (χ4n) is 4.04. The first-order chi connectivity index (χ1) is 17.8. The summed E-state index contributed by atoms with van der Waals surface area (Å²) in [5.41, 5.74) is 3.29. The Bertz CT molecular complexity index is 1510. The van der Waals surface area contributed by atoms with Crippen molar-refractivity contribution in [3.8, 4) is 0 Å². The molecule has 7 nitrogen and oxygen atoms in total. The summed E-state index contributed by atoms with van der Waals surface area (Å²) < 4.78 is 1.22. The molecule has 192 valence electrons. The van der Waals surface area contributed by atoms with Gasteiger partial charge in [-0.05, 0) is 67.6 Å². The lowest BCUT2D eigenvalue weighted by atomic mass is 10.1. The predicted molar refractivity (Wildman–Crippen MR) is 150 cm³/mol. The summed E-state index contributed by atoms with van der Waals surface area (Å²) in [6.45, 7) is 5.97. The van der Waals surface area contributed by atoms with Crippen LogP contribution in [-0.2, 0) is 12.8 Å². The van der Waals surface area contributed by atoms with Crippen LogP contribution in [0.3, 0.4) is 0 Å². The van der Waals surface area contributed by atoms with Gasteiger partial charge in [-0.2, -0.15) is 0 Å². The van der Waals surface area contributed by atoms with Crippen molar-refractivity contribution >= 4 is 51.1 Å². The van der Waals surface area contributed by atoms with Gasteiger partial charge in [0.1, 0.15) is 10.6 Å². The minimum Gasteiger partial charge on any atom is -0.321 e. The largest absolute Gasteiger partial charge is 0.321 e. The maximum atomic E-state index is 13.5. The second kappa shape index (κ2) is 11.7. The minimum atomic E-state index is -0.558. The SMILES string of the molecule is CCCCc1ccc(NC(=O)c2c(C(=O)Nc3ccc(Cl)cc3C)sc3nc(CCC)cc(=O)n23)cc1. The Balaban J connectivity index is 1.73. The van der Waals surface area contributed by atoms with E-state index in [1.54, 1.807) is 18.2 Å². The van der Waals surface area contributed by atoms with E-state index in [1.165, 1.54) is 16.0 Å². The van der Waals surface area contributed by atoms with Crippen molar-refractivity contribution in [3.05, 3.63) is 91.3 Å². The molecular weight excluding hydrogens is 508 g/mol. The molecule has 2 N–H and O–H groups in total. The van der Waals surface area contributed by atoms with Crippen LogP contribution in [0, 0.1) is 6.92 Å². The van der Waals surface area contributed by atoms with Crippen LogP contribution in [0.25, 0.3) is 4.96 Å². The van der Waals surface area contributed by atoms with Gasteiger partial charge in [0.25, 0.3) is 17.4 Å². The first-order valence-electron chi connectivity index (χ1n) is 12.3. The molecule has 37 heavy (non-hydrogen) atoms. The van der Waals surface area contributed by atoms with Crippen LogP contribution in [0.5, 0.6) is 0 Å². The highest BCUT2D eigenvalue weighted by molar-refractivity contribution is 7.19. The number of carbonyl (C=O) groups is 2. The summed E-state index contributed by atoms with van der Waals surface area (Å²) in [4.78, 5) is 45.0. The number of aromatic nitrogens is 2. The number of halogens is 1. The van der Waals surface area contributed by atoms with Crippen LogP contribution in [0.1, 0.15) is 70.1 Å². The lowest BCUT2D eigenvalue weighted by Gasteiger charge is -2.10. The van der Waals surface area contributed by atoms with Gasteiger partial charge in [0.2, 0.25) is 0 Å². The number of thiazole rings is 1. The van der Waals surface area contributed by atoms with E-state index in [-0.39, 0.29) is 10.6 Å². The Morgan fingerprint density at radius 1 is 0.973 bits per heavy atom. The van der Waals surface area contributed by atoms with Crippen molar-refractivity contribution in [3.63, 3.8) is 0 Å². The van der Waals surface area contributed by atoms with E-state index in [1.807, 2.05) is 38.1 Å². The van der Waals surface area contributed by atoms with Gasteiger partial charge in [-0.3, -0.25) is 14.4 Å². The van der Waals surface area contributed by atoms with Crippen molar-refractivity contribution in [1.82, 2.24) is 9.38 Å².